The Morgan fingerprint density at radius 3 is 2.77 bits per heavy atom. The van der Waals surface area contributed by atoms with Gasteiger partial charge in [0.1, 0.15) is 17.7 Å². The van der Waals surface area contributed by atoms with Crippen molar-refractivity contribution in [1.29, 1.82) is 0 Å². The average molecular weight is 423 g/mol. The maximum absolute atomic E-state index is 13.2. The van der Waals surface area contributed by atoms with Crippen molar-refractivity contribution in [2.24, 2.45) is 0 Å². The van der Waals surface area contributed by atoms with Crippen molar-refractivity contribution in [3.63, 3.8) is 0 Å². The van der Waals surface area contributed by atoms with Crippen LogP contribution in [0.2, 0.25) is 0 Å². The summed E-state index contributed by atoms with van der Waals surface area (Å²) in [5, 5.41) is 8.95. The molecule has 0 fully saturated rings. The number of carbonyl (C=O) groups excluding carboxylic acids is 2. The molecule has 31 heavy (non-hydrogen) atoms. The Labute approximate surface area is 180 Å². The van der Waals surface area contributed by atoms with Crippen LogP contribution in [-0.4, -0.2) is 35.4 Å². The molecule has 7 nitrogen and oxygen atoms in total. The molecular formula is C23H26FN5O2. The SMILES string of the molecule is CC(NC(=O)[C@H]1CC(c2ccc(F)cc2)=CCN1)C(=O)N[C@@H]1CCc2nc(N)ccc21. The van der Waals surface area contributed by atoms with Gasteiger partial charge >= 0.3 is 0 Å². The molecule has 2 heterocycles. The van der Waals surface area contributed by atoms with Crippen LogP contribution in [0.15, 0.2) is 42.5 Å². The van der Waals surface area contributed by atoms with Gasteiger partial charge in [-0.1, -0.05) is 24.3 Å². The fourth-order valence-electron chi connectivity index (χ4n) is 4.09. The van der Waals surface area contributed by atoms with Crippen LogP contribution in [0.5, 0.6) is 0 Å². The van der Waals surface area contributed by atoms with E-state index < -0.39 is 12.1 Å². The third-order valence-electron chi connectivity index (χ3n) is 5.81. The number of hydrogen-bond donors (Lipinski definition) is 4. The highest BCUT2D eigenvalue weighted by atomic mass is 19.1. The van der Waals surface area contributed by atoms with Crippen LogP contribution in [0.25, 0.3) is 5.57 Å². The fourth-order valence-corrected chi connectivity index (χ4v) is 4.09. The number of benzene rings is 1. The molecule has 2 aliphatic rings. The molecule has 1 aromatic carbocycles. The topological polar surface area (TPSA) is 109 Å². The highest BCUT2D eigenvalue weighted by molar-refractivity contribution is 5.91. The number of fused-ring (bicyclic) bond motifs is 1. The molecule has 3 atom stereocenters. The van der Waals surface area contributed by atoms with Crippen molar-refractivity contribution in [3.05, 3.63) is 65.1 Å². The van der Waals surface area contributed by atoms with Gasteiger partial charge in [-0.3, -0.25) is 9.59 Å². The molecule has 1 unspecified atom stereocenters. The number of halogens is 1. The minimum absolute atomic E-state index is 0.129. The summed E-state index contributed by atoms with van der Waals surface area (Å²) < 4.78 is 13.2. The van der Waals surface area contributed by atoms with E-state index >= 15 is 0 Å². The Hall–Kier alpha value is -3.26. The first kappa shape index (κ1) is 21.0. The number of aromatic nitrogens is 1. The van der Waals surface area contributed by atoms with Gasteiger partial charge < -0.3 is 21.7 Å². The highest BCUT2D eigenvalue weighted by Crippen LogP contribution is 2.30. The number of amides is 2. The Kier molecular flexibility index (Phi) is 5.99. The second-order valence-corrected chi connectivity index (χ2v) is 8.00. The van der Waals surface area contributed by atoms with Gasteiger partial charge in [0.2, 0.25) is 11.8 Å². The summed E-state index contributed by atoms with van der Waals surface area (Å²) >= 11 is 0. The zero-order valence-electron chi connectivity index (χ0n) is 17.3. The molecule has 0 bridgehead atoms. The highest BCUT2D eigenvalue weighted by Gasteiger charge is 2.29. The van der Waals surface area contributed by atoms with Crippen LogP contribution >= 0.6 is 0 Å². The summed E-state index contributed by atoms with van der Waals surface area (Å²) in [4.78, 5) is 29.8. The number of aryl methyl sites for hydroxylation is 1. The number of nitrogens with one attached hydrogen (secondary N) is 3. The Bertz CT molecular complexity index is 1020. The van der Waals surface area contributed by atoms with E-state index in [1.165, 1.54) is 12.1 Å². The second kappa shape index (κ2) is 8.85. The van der Waals surface area contributed by atoms with Crippen molar-refractivity contribution in [3.8, 4) is 0 Å². The summed E-state index contributed by atoms with van der Waals surface area (Å²) in [6, 6.07) is 8.59. The lowest BCUT2D eigenvalue weighted by Gasteiger charge is -2.26. The first-order valence-corrected chi connectivity index (χ1v) is 10.4. The zero-order chi connectivity index (χ0) is 22.0. The molecule has 8 heteroatoms. The molecule has 1 aliphatic heterocycles. The van der Waals surface area contributed by atoms with E-state index in [2.05, 4.69) is 20.9 Å². The van der Waals surface area contributed by atoms with Gasteiger partial charge in [-0.05, 0) is 61.1 Å². The van der Waals surface area contributed by atoms with Crippen molar-refractivity contribution in [2.75, 3.05) is 12.3 Å². The van der Waals surface area contributed by atoms with E-state index in [0.29, 0.717) is 18.8 Å². The van der Waals surface area contributed by atoms with E-state index in [4.69, 9.17) is 5.73 Å². The Morgan fingerprint density at radius 1 is 1.23 bits per heavy atom. The standard InChI is InChI=1S/C23H26FN5O2/c1-13(22(30)29-19-8-7-18-17(19)6-9-21(25)28-18)27-23(31)20-12-15(10-11-26-20)14-2-4-16(24)5-3-14/h2-6,9-10,13,19-20,26H,7-8,11-12H2,1H3,(H2,25,28)(H,27,31)(H,29,30)/t13?,19-,20-/m1/s1. The largest absolute Gasteiger partial charge is 0.384 e. The summed E-state index contributed by atoms with van der Waals surface area (Å²) in [7, 11) is 0. The number of rotatable bonds is 5. The van der Waals surface area contributed by atoms with Gasteiger partial charge in [0.15, 0.2) is 0 Å². The van der Waals surface area contributed by atoms with E-state index in [1.54, 1.807) is 25.1 Å². The molecule has 2 amide bonds. The van der Waals surface area contributed by atoms with Crippen LogP contribution in [0.4, 0.5) is 10.2 Å². The quantitative estimate of drug-likeness (QED) is 0.587. The predicted molar refractivity (Wildman–Crippen MR) is 116 cm³/mol. The minimum atomic E-state index is -0.680. The summed E-state index contributed by atoms with van der Waals surface area (Å²) in [6.07, 6.45) is 3.98. The zero-order valence-corrected chi connectivity index (χ0v) is 17.3. The smallest absolute Gasteiger partial charge is 0.242 e. The van der Waals surface area contributed by atoms with Crippen molar-refractivity contribution in [2.45, 2.75) is 44.3 Å². The number of nitrogen functional groups attached to an aromatic ring is 1. The lowest BCUT2D eigenvalue weighted by Crippen LogP contribution is -2.52. The monoisotopic (exact) mass is 423 g/mol. The normalized spacial score (nSPS) is 21.0. The number of carbonyl (C=O) groups is 2. The molecule has 0 radical (unpaired) electrons. The molecule has 162 valence electrons. The second-order valence-electron chi connectivity index (χ2n) is 8.00. The third kappa shape index (κ3) is 4.74. The van der Waals surface area contributed by atoms with E-state index in [9.17, 15) is 14.0 Å². The minimum Gasteiger partial charge on any atom is -0.384 e. The lowest BCUT2D eigenvalue weighted by molar-refractivity contribution is -0.130. The van der Waals surface area contributed by atoms with Gasteiger partial charge in [-0.15, -0.1) is 0 Å². The molecule has 2 aromatic rings. The van der Waals surface area contributed by atoms with Crippen molar-refractivity contribution in [1.82, 2.24) is 20.9 Å². The molecule has 4 rings (SSSR count). The first-order chi connectivity index (χ1) is 14.9. The number of nitrogens with two attached hydrogens (primary N) is 1. The van der Waals surface area contributed by atoms with Gasteiger partial charge in [-0.2, -0.15) is 0 Å². The van der Waals surface area contributed by atoms with Crippen LogP contribution in [0, 0.1) is 5.82 Å². The third-order valence-corrected chi connectivity index (χ3v) is 5.81. The molecular weight excluding hydrogens is 397 g/mol. The first-order valence-electron chi connectivity index (χ1n) is 10.4. The maximum atomic E-state index is 13.2. The molecule has 0 spiro atoms. The summed E-state index contributed by atoms with van der Waals surface area (Å²) in [5.41, 5.74) is 9.49. The van der Waals surface area contributed by atoms with Crippen LogP contribution in [0.1, 0.15) is 42.6 Å². The van der Waals surface area contributed by atoms with E-state index in [1.807, 2.05) is 12.1 Å². The lowest BCUT2D eigenvalue weighted by atomic mass is 9.95. The Morgan fingerprint density at radius 2 is 2.00 bits per heavy atom. The molecule has 1 aromatic heterocycles. The fraction of sp³-hybridized carbons (Fsp3) is 0.348. The van der Waals surface area contributed by atoms with E-state index in [-0.39, 0.29) is 23.7 Å². The average Bonchev–Trinajstić information content (AvgIpc) is 3.15. The van der Waals surface area contributed by atoms with Gasteiger partial charge in [0.05, 0.1) is 12.1 Å². The Balaban J connectivity index is 1.33. The number of pyridine rings is 1. The summed E-state index contributed by atoms with van der Waals surface area (Å²) in [6.45, 7) is 2.20. The molecule has 1 aliphatic carbocycles. The maximum Gasteiger partial charge on any atom is 0.242 e. The van der Waals surface area contributed by atoms with Crippen LogP contribution in [-0.2, 0) is 16.0 Å². The van der Waals surface area contributed by atoms with Crippen molar-refractivity contribution >= 4 is 23.2 Å². The van der Waals surface area contributed by atoms with Crippen LogP contribution < -0.4 is 21.7 Å². The van der Waals surface area contributed by atoms with Gasteiger partial charge in [-0.25, -0.2) is 9.37 Å². The number of hydrogen-bond acceptors (Lipinski definition) is 5. The van der Waals surface area contributed by atoms with E-state index in [0.717, 1.165) is 35.2 Å². The molecule has 5 N–H and O–H groups in total. The predicted octanol–water partition coefficient (Wildman–Crippen LogP) is 1.86. The van der Waals surface area contributed by atoms with Gasteiger partial charge in [0, 0.05) is 12.2 Å². The van der Waals surface area contributed by atoms with Gasteiger partial charge in [0.25, 0.3) is 0 Å². The molecule has 0 saturated carbocycles. The number of anilines is 1. The number of nitrogens with zero attached hydrogens (tertiary/aromatic N) is 1. The van der Waals surface area contributed by atoms with Crippen LogP contribution in [0.3, 0.4) is 0 Å². The summed E-state index contributed by atoms with van der Waals surface area (Å²) in [5.74, 6) is -0.304. The van der Waals surface area contributed by atoms with Crippen molar-refractivity contribution < 1.29 is 14.0 Å². The molecule has 0 saturated heterocycles.